The Balaban J connectivity index is 2.42. The summed E-state index contributed by atoms with van der Waals surface area (Å²) in [7, 11) is -1.25. The molecule has 17 heavy (non-hydrogen) atoms. The monoisotopic (exact) mass is 253 g/mol. The SMILES string of the molecule is CCC(OCN1CN=CC1CC#N)[Si](C)(C)C. The molecule has 1 heterocycles. The van der Waals surface area contributed by atoms with Gasteiger partial charge in [0.25, 0.3) is 0 Å². The van der Waals surface area contributed by atoms with Gasteiger partial charge in [-0.25, -0.2) is 0 Å². The van der Waals surface area contributed by atoms with Gasteiger partial charge < -0.3 is 4.74 Å². The van der Waals surface area contributed by atoms with Gasteiger partial charge in [-0.1, -0.05) is 26.6 Å². The van der Waals surface area contributed by atoms with Crippen LogP contribution in [0, 0.1) is 11.3 Å². The second-order valence-corrected chi connectivity index (χ2v) is 10.9. The predicted octanol–water partition coefficient (Wildman–Crippen LogP) is 2.24. The number of rotatable bonds is 6. The Hall–Kier alpha value is -0.703. The molecule has 0 aromatic rings. The van der Waals surface area contributed by atoms with Gasteiger partial charge >= 0.3 is 0 Å². The highest BCUT2D eigenvalue weighted by Crippen LogP contribution is 2.17. The summed E-state index contributed by atoms with van der Waals surface area (Å²) in [4.78, 5) is 6.33. The quantitative estimate of drug-likeness (QED) is 0.682. The van der Waals surface area contributed by atoms with Crippen LogP contribution < -0.4 is 0 Å². The van der Waals surface area contributed by atoms with Gasteiger partial charge in [0.15, 0.2) is 0 Å². The fourth-order valence-corrected chi connectivity index (χ4v) is 3.85. The standard InChI is InChI=1S/C12H23N3OSi/c1-5-12(17(2,3)4)16-10-15-9-14-8-11(15)6-7-13/h8,11-12H,5-6,9-10H2,1-4H3. The van der Waals surface area contributed by atoms with Crippen molar-refractivity contribution in [3.8, 4) is 6.07 Å². The molecule has 0 amide bonds. The van der Waals surface area contributed by atoms with Gasteiger partial charge in [0.1, 0.15) is 6.73 Å². The first-order chi connectivity index (χ1) is 7.99. The van der Waals surface area contributed by atoms with Crippen molar-refractivity contribution in [2.24, 2.45) is 4.99 Å². The fraction of sp³-hybridized carbons (Fsp3) is 0.833. The van der Waals surface area contributed by atoms with E-state index >= 15 is 0 Å². The fourth-order valence-electron chi connectivity index (χ4n) is 2.05. The molecule has 0 aliphatic carbocycles. The summed E-state index contributed by atoms with van der Waals surface area (Å²) in [6, 6.07) is 2.33. The number of hydrogen-bond acceptors (Lipinski definition) is 4. The Kier molecular flexibility index (Phi) is 5.31. The van der Waals surface area contributed by atoms with Crippen molar-refractivity contribution in [3.05, 3.63) is 0 Å². The summed E-state index contributed by atoms with van der Waals surface area (Å²) in [5.74, 6) is 0. The first-order valence-electron chi connectivity index (χ1n) is 6.21. The van der Waals surface area contributed by atoms with Crippen molar-refractivity contribution in [3.63, 3.8) is 0 Å². The van der Waals surface area contributed by atoms with Crippen LogP contribution in [-0.2, 0) is 4.74 Å². The predicted molar refractivity (Wildman–Crippen MR) is 72.6 cm³/mol. The zero-order valence-electron chi connectivity index (χ0n) is 11.3. The minimum absolute atomic E-state index is 0.138. The van der Waals surface area contributed by atoms with Crippen LogP contribution in [0.2, 0.25) is 19.6 Å². The van der Waals surface area contributed by atoms with Gasteiger partial charge in [0.2, 0.25) is 0 Å². The van der Waals surface area contributed by atoms with E-state index < -0.39 is 8.07 Å². The maximum absolute atomic E-state index is 8.72. The molecule has 0 bridgehead atoms. The largest absolute Gasteiger partial charge is 0.366 e. The zero-order chi connectivity index (χ0) is 12.9. The Morgan fingerprint density at radius 3 is 2.82 bits per heavy atom. The molecule has 0 saturated heterocycles. The third kappa shape index (κ3) is 4.23. The molecule has 0 saturated carbocycles. The molecule has 0 aromatic heterocycles. The highest BCUT2D eigenvalue weighted by molar-refractivity contribution is 6.77. The molecule has 1 aliphatic rings. The van der Waals surface area contributed by atoms with Crippen LogP contribution >= 0.6 is 0 Å². The molecule has 96 valence electrons. The third-order valence-electron chi connectivity index (χ3n) is 3.09. The van der Waals surface area contributed by atoms with E-state index in [0.29, 0.717) is 25.5 Å². The normalized spacial score (nSPS) is 22.6. The van der Waals surface area contributed by atoms with Crippen LogP contribution in [0.15, 0.2) is 4.99 Å². The second-order valence-electron chi connectivity index (χ2n) is 5.55. The van der Waals surface area contributed by atoms with E-state index in [4.69, 9.17) is 10.00 Å². The van der Waals surface area contributed by atoms with Gasteiger partial charge in [-0.2, -0.15) is 5.26 Å². The number of hydrogen-bond donors (Lipinski definition) is 0. The minimum atomic E-state index is -1.25. The lowest BCUT2D eigenvalue weighted by Crippen LogP contribution is -2.43. The lowest BCUT2D eigenvalue weighted by Gasteiger charge is -2.31. The van der Waals surface area contributed by atoms with Gasteiger partial charge in [0.05, 0.1) is 33.3 Å². The molecule has 0 spiro atoms. The molecule has 1 rings (SSSR count). The van der Waals surface area contributed by atoms with Crippen molar-refractivity contribution in [1.82, 2.24) is 4.90 Å². The molecule has 4 nitrogen and oxygen atoms in total. The number of nitrogens with zero attached hydrogens (tertiary/aromatic N) is 3. The minimum Gasteiger partial charge on any atom is -0.366 e. The summed E-state index contributed by atoms with van der Waals surface area (Å²) in [6.07, 6.45) is 3.42. The van der Waals surface area contributed by atoms with E-state index in [1.54, 1.807) is 0 Å². The highest BCUT2D eigenvalue weighted by atomic mass is 28.3. The molecular weight excluding hydrogens is 230 g/mol. The molecule has 0 fully saturated rings. The average molecular weight is 253 g/mol. The first kappa shape index (κ1) is 14.4. The lowest BCUT2D eigenvalue weighted by atomic mass is 10.2. The maximum atomic E-state index is 8.72. The molecule has 2 atom stereocenters. The Morgan fingerprint density at radius 1 is 1.59 bits per heavy atom. The van der Waals surface area contributed by atoms with Crippen LogP contribution in [-0.4, -0.2) is 44.4 Å². The van der Waals surface area contributed by atoms with Gasteiger partial charge in [-0.05, 0) is 6.42 Å². The van der Waals surface area contributed by atoms with Gasteiger partial charge in [-0.3, -0.25) is 9.89 Å². The topological polar surface area (TPSA) is 48.6 Å². The summed E-state index contributed by atoms with van der Waals surface area (Å²) in [6.45, 7) is 10.4. The zero-order valence-corrected chi connectivity index (χ0v) is 12.3. The van der Waals surface area contributed by atoms with Crippen molar-refractivity contribution in [1.29, 1.82) is 5.26 Å². The number of nitriles is 1. The second kappa shape index (κ2) is 6.29. The Bertz CT molecular complexity index is 306. The molecule has 0 aromatic carbocycles. The maximum Gasteiger partial charge on any atom is 0.101 e. The Morgan fingerprint density at radius 2 is 2.29 bits per heavy atom. The van der Waals surface area contributed by atoms with E-state index in [1.165, 1.54) is 0 Å². The highest BCUT2D eigenvalue weighted by Gasteiger charge is 2.28. The van der Waals surface area contributed by atoms with Gasteiger partial charge in [0, 0.05) is 11.9 Å². The van der Waals surface area contributed by atoms with E-state index in [9.17, 15) is 0 Å². The van der Waals surface area contributed by atoms with Crippen molar-refractivity contribution < 1.29 is 4.74 Å². The van der Waals surface area contributed by atoms with Crippen LogP contribution in [0.4, 0.5) is 0 Å². The van der Waals surface area contributed by atoms with Crippen LogP contribution in [0.3, 0.4) is 0 Å². The van der Waals surface area contributed by atoms with Crippen molar-refractivity contribution >= 4 is 14.3 Å². The summed E-state index contributed by atoms with van der Waals surface area (Å²) >= 11 is 0. The summed E-state index contributed by atoms with van der Waals surface area (Å²) < 4.78 is 6.01. The Labute approximate surface area is 105 Å². The third-order valence-corrected chi connectivity index (χ3v) is 5.60. The molecule has 2 unspecified atom stereocenters. The van der Waals surface area contributed by atoms with E-state index in [-0.39, 0.29) is 6.04 Å². The summed E-state index contributed by atoms with van der Waals surface area (Å²) in [5, 5.41) is 8.72. The number of aliphatic imine (C=N–C) groups is 1. The van der Waals surface area contributed by atoms with Crippen molar-refractivity contribution in [2.45, 2.75) is 51.2 Å². The molecule has 0 radical (unpaired) electrons. The average Bonchev–Trinajstić information content (AvgIpc) is 2.65. The van der Waals surface area contributed by atoms with Crippen LogP contribution in [0.5, 0.6) is 0 Å². The molecule has 0 N–H and O–H groups in total. The number of ether oxygens (including phenoxy) is 1. The van der Waals surface area contributed by atoms with Crippen LogP contribution in [0.1, 0.15) is 19.8 Å². The van der Waals surface area contributed by atoms with E-state index in [0.717, 1.165) is 6.42 Å². The summed E-state index contributed by atoms with van der Waals surface area (Å²) in [5.41, 5.74) is 0.380. The smallest absolute Gasteiger partial charge is 0.101 e. The molecule has 1 aliphatic heterocycles. The lowest BCUT2D eigenvalue weighted by molar-refractivity contribution is 0.00410. The molecule has 5 heteroatoms. The van der Waals surface area contributed by atoms with Gasteiger partial charge in [-0.15, -0.1) is 0 Å². The van der Waals surface area contributed by atoms with E-state index in [1.807, 2.05) is 6.21 Å². The van der Waals surface area contributed by atoms with E-state index in [2.05, 4.69) is 42.5 Å². The molecular formula is C12H23N3OSi. The van der Waals surface area contributed by atoms with Crippen LogP contribution in [0.25, 0.3) is 0 Å². The first-order valence-corrected chi connectivity index (χ1v) is 9.79. The van der Waals surface area contributed by atoms with Crippen molar-refractivity contribution in [2.75, 3.05) is 13.4 Å².